The number of hydrogen-bond acceptors (Lipinski definition) is 1. The minimum atomic E-state index is -0.180. The van der Waals surface area contributed by atoms with Crippen LogP contribution in [0, 0.1) is 5.82 Å². The average molecular weight is 247 g/mol. The van der Waals surface area contributed by atoms with Gasteiger partial charge in [0.15, 0.2) is 0 Å². The van der Waals surface area contributed by atoms with E-state index < -0.39 is 0 Å². The van der Waals surface area contributed by atoms with Crippen molar-refractivity contribution >= 4 is 15.9 Å². The van der Waals surface area contributed by atoms with Crippen LogP contribution >= 0.6 is 15.9 Å². The lowest BCUT2D eigenvalue weighted by atomic mass is 10.1. The molecule has 0 heterocycles. The third kappa shape index (κ3) is 2.99. The number of aryl methyl sites for hydroxylation is 1. The Morgan fingerprint density at radius 2 is 2.23 bits per heavy atom. The van der Waals surface area contributed by atoms with Crippen molar-refractivity contribution in [2.75, 3.05) is 12.4 Å². The third-order valence-electron chi connectivity index (χ3n) is 1.84. The molecule has 0 unspecified atom stereocenters. The number of rotatable bonds is 4. The molecule has 1 nitrogen and oxygen atoms in total. The molecule has 1 rings (SSSR count). The first-order chi connectivity index (χ1) is 6.27. The second kappa shape index (κ2) is 5.22. The van der Waals surface area contributed by atoms with Crippen LogP contribution in [-0.4, -0.2) is 12.4 Å². The number of benzene rings is 1. The van der Waals surface area contributed by atoms with Crippen molar-refractivity contribution in [3.8, 4) is 5.75 Å². The third-order valence-corrected chi connectivity index (χ3v) is 2.40. The molecular weight excluding hydrogens is 235 g/mol. The maximum atomic E-state index is 13.3. The summed E-state index contributed by atoms with van der Waals surface area (Å²) in [5.41, 5.74) is 0.750. The summed E-state index contributed by atoms with van der Waals surface area (Å²) in [5, 5.41) is 0.901. The molecule has 1 aromatic carbocycles. The molecule has 0 saturated heterocycles. The zero-order valence-corrected chi connectivity index (χ0v) is 9.10. The summed E-state index contributed by atoms with van der Waals surface area (Å²) in [7, 11) is 1.53. The van der Waals surface area contributed by atoms with E-state index in [0.29, 0.717) is 5.75 Å². The summed E-state index contributed by atoms with van der Waals surface area (Å²) in [6.45, 7) is 0. The first-order valence-electron chi connectivity index (χ1n) is 4.16. The summed E-state index contributed by atoms with van der Waals surface area (Å²) in [5.74, 6) is 0.389. The van der Waals surface area contributed by atoms with Gasteiger partial charge in [-0.2, -0.15) is 0 Å². The fourth-order valence-corrected chi connectivity index (χ4v) is 1.40. The molecule has 0 bridgehead atoms. The van der Waals surface area contributed by atoms with Gasteiger partial charge < -0.3 is 4.74 Å². The van der Waals surface area contributed by atoms with Crippen LogP contribution in [-0.2, 0) is 6.42 Å². The van der Waals surface area contributed by atoms with Gasteiger partial charge in [-0.25, -0.2) is 4.39 Å². The Balaban J connectivity index is 2.73. The molecule has 0 amide bonds. The van der Waals surface area contributed by atoms with Crippen LogP contribution in [0.25, 0.3) is 0 Å². The summed E-state index contributed by atoms with van der Waals surface area (Å²) in [6.07, 6.45) is 1.71. The number of ether oxygens (including phenoxy) is 1. The Morgan fingerprint density at radius 1 is 1.46 bits per heavy atom. The molecule has 0 fully saturated rings. The fraction of sp³-hybridized carbons (Fsp3) is 0.400. The van der Waals surface area contributed by atoms with Gasteiger partial charge in [0.1, 0.15) is 11.6 Å². The monoisotopic (exact) mass is 246 g/mol. The molecule has 13 heavy (non-hydrogen) atoms. The van der Waals surface area contributed by atoms with E-state index in [9.17, 15) is 4.39 Å². The molecule has 0 N–H and O–H groups in total. The molecule has 72 valence electrons. The maximum absolute atomic E-state index is 13.3. The Morgan fingerprint density at radius 3 is 2.77 bits per heavy atom. The molecule has 3 heteroatoms. The van der Waals surface area contributed by atoms with Gasteiger partial charge in [0, 0.05) is 11.4 Å². The normalized spacial score (nSPS) is 10.1. The highest BCUT2D eigenvalue weighted by Gasteiger charge is 2.02. The van der Waals surface area contributed by atoms with Crippen molar-refractivity contribution < 1.29 is 9.13 Å². The van der Waals surface area contributed by atoms with E-state index >= 15 is 0 Å². The highest BCUT2D eigenvalue weighted by molar-refractivity contribution is 9.09. The van der Waals surface area contributed by atoms with E-state index in [1.54, 1.807) is 12.1 Å². The van der Waals surface area contributed by atoms with Gasteiger partial charge in [0.25, 0.3) is 0 Å². The van der Waals surface area contributed by atoms with Crippen molar-refractivity contribution in [1.82, 2.24) is 0 Å². The predicted molar refractivity (Wildman–Crippen MR) is 55.1 cm³/mol. The van der Waals surface area contributed by atoms with Gasteiger partial charge in [-0.15, -0.1) is 0 Å². The molecule has 1 aromatic rings. The van der Waals surface area contributed by atoms with Crippen LogP contribution in [0.2, 0.25) is 0 Å². The topological polar surface area (TPSA) is 9.23 Å². The smallest absolute Gasteiger partial charge is 0.130 e. The van der Waals surface area contributed by atoms with E-state index in [1.165, 1.54) is 13.2 Å². The van der Waals surface area contributed by atoms with Crippen molar-refractivity contribution in [1.29, 1.82) is 0 Å². The Hall–Kier alpha value is -0.570. The van der Waals surface area contributed by atoms with E-state index in [1.807, 2.05) is 0 Å². The quantitative estimate of drug-likeness (QED) is 0.742. The first-order valence-corrected chi connectivity index (χ1v) is 5.28. The predicted octanol–water partition coefficient (Wildman–Crippen LogP) is 3.16. The van der Waals surface area contributed by atoms with Crippen molar-refractivity contribution in [2.24, 2.45) is 0 Å². The van der Waals surface area contributed by atoms with E-state index in [0.717, 1.165) is 23.7 Å². The van der Waals surface area contributed by atoms with Crippen molar-refractivity contribution in [3.05, 3.63) is 29.6 Å². The van der Waals surface area contributed by atoms with Gasteiger partial charge in [-0.05, 0) is 24.5 Å². The van der Waals surface area contributed by atoms with Crippen LogP contribution < -0.4 is 4.74 Å². The second-order valence-electron chi connectivity index (χ2n) is 2.75. The molecule has 0 aliphatic heterocycles. The van der Waals surface area contributed by atoms with E-state index in [2.05, 4.69) is 15.9 Å². The fourth-order valence-electron chi connectivity index (χ4n) is 1.12. The highest BCUT2D eigenvalue weighted by Crippen LogP contribution is 2.17. The minimum absolute atomic E-state index is 0.180. The zero-order valence-electron chi connectivity index (χ0n) is 7.52. The Kier molecular flexibility index (Phi) is 4.22. The molecule has 0 atom stereocenters. The maximum Gasteiger partial charge on any atom is 0.130 e. The summed E-state index contributed by atoms with van der Waals surface area (Å²) >= 11 is 3.31. The highest BCUT2D eigenvalue weighted by atomic mass is 79.9. The second-order valence-corrected chi connectivity index (χ2v) is 3.54. The number of halogens is 2. The Bertz CT molecular complexity index is 276. The van der Waals surface area contributed by atoms with Crippen molar-refractivity contribution in [2.45, 2.75) is 12.8 Å². The molecule has 0 aliphatic carbocycles. The summed E-state index contributed by atoms with van der Waals surface area (Å²) in [4.78, 5) is 0. The minimum Gasteiger partial charge on any atom is -0.497 e. The van der Waals surface area contributed by atoms with Gasteiger partial charge >= 0.3 is 0 Å². The lowest BCUT2D eigenvalue weighted by molar-refractivity contribution is 0.410. The molecule has 0 spiro atoms. The SMILES string of the molecule is COc1ccc(CCCBr)c(F)c1. The van der Waals surface area contributed by atoms with E-state index in [-0.39, 0.29) is 5.82 Å². The average Bonchev–Trinajstić information content (AvgIpc) is 2.16. The molecule has 0 aromatic heterocycles. The molecule has 0 radical (unpaired) electrons. The van der Waals surface area contributed by atoms with Crippen LogP contribution in [0.4, 0.5) is 4.39 Å². The largest absolute Gasteiger partial charge is 0.497 e. The van der Waals surface area contributed by atoms with Gasteiger partial charge in [0.2, 0.25) is 0 Å². The standard InChI is InChI=1S/C10H12BrFO/c1-13-9-5-4-8(3-2-6-11)10(12)7-9/h4-5,7H,2-3,6H2,1H3. The molecule has 0 aliphatic rings. The number of alkyl halides is 1. The lowest BCUT2D eigenvalue weighted by Crippen LogP contribution is -1.92. The lowest BCUT2D eigenvalue weighted by Gasteiger charge is -2.04. The molecule has 0 saturated carbocycles. The summed E-state index contributed by atoms with van der Waals surface area (Å²) < 4.78 is 18.2. The van der Waals surface area contributed by atoms with Crippen LogP contribution in [0.5, 0.6) is 5.75 Å². The van der Waals surface area contributed by atoms with Crippen LogP contribution in [0.1, 0.15) is 12.0 Å². The number of methoxy groups -OCH3 is 1. The van der Waals surface area contributed by atoms with Crippen LogP contribution in [0.3, 0.4) is 0 Å². The van der Waals surface area contributed by atoms with Gasteiger partial charge in [0.05, 0.1) is 7.11 Å². The zero-order chi connectivity index (χ0) is 9.68. The number of hydrogen-bond donors (Lipinski definition) is 0. The summed E-state index contributed by atoms with van der Waals surface area (Å²) in [6, 6.07) is 4.98. The first kappa shape index (κ1) is 10.5. The van der Waals surface area contributed by atoms with E-state index in [4.69, 9.17) is 4.74 Å². The van der Waals surface area contributed by atoms with Crippen LogP contribution in [0.15, 0.2) is 18.2 Å². The molecular formula is C10H12BrFO. The van der Waals surface area contributed by atoms with Gasteiger partial charge in [-0.3, -0.25) is 0 Å². The Labute approximate surface area is 86.0 Å². The van der Waals surface area contributed by atoms with Crippen molar-refractivity contribution in [3.63, 3.8) is 0 Å². The van der Waals surface area contributed by atoms with Gasteiger partial charge in [-0.1, -0.05) is 22.0 Å².